The zero-order valence-corrected chi connectivity index (χ0v) is 14.2. The molecular formula is C19H24N2O3. The second kappa shape index (κ2) is 6.67. The van der Waals surface area contributed by atoms with Gasteiger partial charge in [0.1, 0.15) is 0 Å². The van der Waals surface area contributed by atoms with Crippen LogP contribution in [0.4, 0.5) is 0 Å². The normalized spacial score (nSPS) is 21.2. The van der Waals surface area contributed by atoms with Crippen LogP contribution in [0.25, 0.3) is 10.9 Å². The van der Waals surface area contributed by atoms with E-state index in [2.05, 4.69) is 24.0 Å². The van der Waals surface area contributed by atoms with Gasteiger partial charge >= 0.3 is 5.97 Å². The van der Waals surface area contributed by atoms with Gasteiger partial charge in [0.2, 0.25) is 5.91 Å². The molecule has 2 atom stereocenters. The lowest BCUT2D eigenvalue weighted by molar-refractivity contribution is -0.146. The van der Waals surface area contributed by atoms with E-state index in [-0.39, 0.29) is 11.8 Å². The average molecular weight is 328 g/mol. The Morgan fingerprint density at radius 2 is 2.12 bits per heavy atom. The van der Waals surface area contributed by atoms with Crippen LogP contribution in [-0.2, 0) is 16.0 Å². The van der Waals surface area contributed by atoms with Gasteiger partial charge in [-0.25, -0.2) is 0 Å². The molecule has 2 N–H and O–H groups in total. The van der Waals surface area contributed by atoms with E-state index >= 15 is 0 Å². The topological polar surface area (TPSA) is 73.4 Å². The first-order valence-corrected chi connectivity index (χ1v) is 8.52. The molecule has 1 aliphatic rings. The number of aromatic amines is 1. The van der Waals surface area contributed by atoms with E-state index in [1.165, 1.54) is 10.9 Å². The molecule has 24 heavy (non-hydrogen) atoms. The number of rotatable bonds is 4. The quantitative estimate of drug-likeness (QED) is 0.906. The van der Waals surface area contributed by atoms with Crippen LogP contribution in [0, 0.1) is 18.8 Å². The summed E-state index contributed by atoms with van der Waals surface area (Å²) in [6, 6.07) is 6.16. The summed E-state index contributed by atoms with van der Waals surface area (Å²) in [5.41, 5.74) is 3.46. The van der Waals surface area contributed by atoms with E-state index in [1.54, 1.807) is 4.90 Å². The van der Waals surface area contributed by atoms with Gasteiger partial charge < -0.3 is 15.0 Å². The highest BCUT2D eigenvalue weighted by Crippen LogP contribution is 2.25. The number of nitrogens with one attached hydrogen (secondary N) is 1. The highest BCUT2D eigenvalue weighted by atomic mass is 16.4. The molecular weight excluding hydrogens is 304 g/mol. The van der Waals surface area contributed by atoms with Crippen molar-refractivity contribution in [3.8, 4) is 0 Å². The number of carboxylic acid groups (broad SMARTS) is 1. The van der Waals surface area contributed by atoms with Crippen LogP contribution in [0.2, 0.25) is 0 Å². The number of H-pyrrole nitrogens is 1. The maximum Gasteiger partial charge on any atom is 0.308 e. The summed E-state index contributed by atoms with van der Waals surface area (Å²) in [7, 11) is 0. The van der Waals surface area contributed by atoms with Gasteiger partial charge in [0.15, 0.2) is 0 Å². The molecule has 0 bridgehead atoms. The van der Waals surface area contributed by atoms with Gasteiger partial charge in [0.25, 0.3) is 0 Å². The van der Waals surface area contributed by atoms with Gasteiger partial charge in [-0.3, -0.25) is 9.59 Å². The lowest BCUT2D eigenvalue weighted by Gasteiger charge is -2.34. The summed E-state index contributed by atoms with van der Waals surface area (Å²) in [6.07, 6.45) is 3.72. The maximum absolute atomic E-state index is 12.5. The third kappa shape index (κ3) is 3.30. The van der Waals surface area contributed by atoms with Crippen LogP contribution in [0.1, 0.15) is 30.9 Å². The molecule has 2 unspecified atom stereocenters. The van der Waals surface area contributed by atoms with E-state index in [1.807, 2.05) is 19.2 Å². The van der Waals surface area contributed by atoms with E-state index in [4.69, 9.17) is 0 Å². The van der Waals surface area contributed by atoms with Crippen LogP contribution in [-0.4, -0.2) is 40.0 Å². The van der Waals surface area contributed by atoms with Gasteiger partial charge in [-0.15, -0.1) is 0 Å². The fourth-order valence-electron chi connectivity index (χ4n) is 3.70. The van der Waals surface area contributed by atoms with Crippen molar-refractivity contribution in [2.75, 3.05) is 13.1 Å². The first kappa shape index (κ1) is 16.6. The van der Waals surface area contributed by atoms with E-state index in [9.17, 15) is 14.7 Å². The molecule has 1 aromatic heterocycles. The Morgan fingerprint density at radius 1 is 1.33 bits per heavy atom. The molecule has 1 aromatic carbocycles. The highest BCUT2D eigenvalue weighted by molar-refractivity contribution is 5.86. The first-order valence-electron chi connectivity index (χ1n) is 8.52. The van der Waals surface area contributed by atoms with Crippen molar-refractivity contribution in [3.05, 3.63) is 35.5 Å². The molecule has 128 valence electrons. The number of piperidine rings is 1. The second-order valence-corrected chi connectivity index (χ2v) is 6.99. The zero-order valence-electron chi connectivity index (χ0n) is 14.2. The molecule has 1 fully saturated rings. The Morgan fingerprint density at radius 3 is 2.88 bits per heavy atom. The Bertz CT molecular complexity index is 765. The van der Waals surface area contributed by atoms with Crippen molar-refractivity contribution in [3.63, 3.8) is 0 Å². The number of fused-ring (bicyclic) bond motifs is 1. The number of nitrogens with zero attached hydrogens (tertiary/aromatic N) is 1. The predicted octanol–water partition coefficient (Wildman–Crippen LogP) is 2.98. The molecule has 2 heterocycles. The summed E-state index contributed by atoms with van der Waals surface area (Å²) in [4.78, 5) is 28.8. The minimum Gasteiger partial charge on any atom is -0.481 e. The van der Waals surface area contributed by atoms with Crippen LogP contribution in [0.15, 0.2) is 24.4 Å². The number of carbonyl (C=O) groups excluding carboxylic acids is 1. The summed E-state index contributed by atoms with van der Waals surface area (Å²) in [5.74, 6) is -0.950. The van der Waals surface area contributed by atoms with E-state index < -0.39 is 11.9 Å². The number of amides is 1. The van der Waals surface area contributed by atoms with Crippen molar-refractivity contribution in [2.24, 2.45) is 11.8 Å². The fourth-order valence-corrected chi connectivity index (χ4v) is 3.70. The number of benzene rings is 1. The van der Waals surface area contributed by atoms with Gasteiger partial charge in [-0.1, -0.05) is 25.1 Å². The molecule has 5 heteroatoms. The zero-order chi connectivity index (χ0) is 17.3. The van der Waals surface area contributed by atoms with Crippen LogP contribution in [0.3, 0.4) is 0 Å². The second-order valence-electron chi connectivity index (χ2n) is 6.99. The minimum absolute atomic E-state index is 0.0507. The van der Waals surface area contributed by atoms with Crippen molar-refractivity contribution in [2.45, 2.75) is 33.1 Å². The number of likely N-dealkylation sites (tertiary alicyclic amines) is 1. The third-order valence-electron chi connectivity index (χ3n) is 4.98. The number of aromatic nitrogens is 1. The summed E-state index contributed by atoms with van der Waals surface area (Å²) < 4.78 is 0. The largest absolute Gasteiger partial charge is 0.481 e. The van der Waals surface area contributed by atoms with Gasteiger partial charge in [-0.05, 0) is 36.8 Å². The van der Waals surface area contributed by atoms with Crippen LogP contribution >= 0.6 is 0 Å². The fraction of sp³-hybridized carbons (Fsp3) is 0.474. The SMILES string of the molecule is Cc1cccc2c(CCC(=O)N3CC(C)CC(C(=O)O)C3)c[nH]c12. The summed E-state index contributed by atoms with van der Waals surface area (Å²) in [5, 5.41) is 10.4. The molecule has 1 amide bonds. The Kier molecular flexibility index (Phi) is 4.60. The lowest BCUT2D eigenvalue weighted by Crippen LogP contribution is -2.45. The smallest absolute Gasteiger partial charge is 0.308 e. The Balaban J connectivity index is 1.66. The molecule has 0 aliphatic carbocycles. The number of aliphatic carboxylic acids is 1. The Labute approximate surface area is 141 Å². The lowest BCUT2D eigenvalue weighted by atomic mass is 9.90. The third-order valence-corrected chi connectivity index (χ3v) is 4.98. The molecule has 0 spiro atoms. The monoisotopic (exact) mass is 328 g/mol. The molecule has 2 aromatic rings. The molecule has 1 saturated heterocycles. The molecule has 5 nitrogen and oxygen atoms in total. The van der Waals surface area contributed by atoms with Crippen LogP contribution < -0.4 is 0 Å². The van der Waals surface area contributed by atoms with Crippen molar-refractivity contribution in [1.82, 2.24) is 9.88 Å². The molecule has 0 saturated carbocycles. The number of hydrogen-bond donors (Lipinski definition) is 2. The summed E-state index contributed by atoms with van der Waals surface area (Å²) in [6.45, 7) is 5.08. The van der Waals surface area contributed by atoms with Gasteiger partial charge in [-0.2, -0.15) is 0 Å². The number of aryl methyl sites for hydroxylation is 2. The van der Waals surface area contributed by atoms with Crippen molar-refractivity contribution >= 4 is 22.8 Å². The Hall–Kier alpha value is -2.30. The van der Waals surface area contributed by atoms with Gasteiger partial charge in [0, 0.05) is 36.6 Å². The van der Waals surface area contributed by atoms with E-state index in [0.29, 0.717) is 32.4 Å². The standard InChI is InChI=1S/C19H24N2O3/c1-12-8-15(19(23)24)11-21(10-12)17(22)7-6-14-9-20-18-13(2)4-3-5-16(14)18/h3-5,9,12,15,20H,6-8,10-11H2,1-2H3,(H,23,24). The molecule has 1 aliphatic heterocycles. The molecule has 0 radical (unpaired) electrons. The number of para-hydroxylation sites is 1. The molecule has 3 rings (SSSR count). The number of carboxylic acids is 1. The van der Waals surface area contributed by atoms with Crippen molar-refractivity contribution < 1.29 is 14.7 Å². The maximum atomic E-state index is 12.5. The first-order chi connectivity index (χ1) is 11.5. The summed E-state index contributed by atoms with van der Waals surface area (Å²) >= 11 is 0. The number of carbonyl (C=O) groups is 2. The highest BCUT2D eigenvalue weighted by Gasteiger charge is 2.31. The average Bonchev–Trinajstić information content (AvgIpc) is 2.96. The van der Waals surface area contributed by atoms with Crippen molar-refractivity contribution in [1.29, 1.82) is 0 Å². The predicted molar refractivity (Wildman–Crippen MR) is 92.8 cm³/mol. The van der Waals surface area contributed by atoms with Crippen LogP contribution in [0.5, 0.6) is 0 Å². The van der Waals surface area contributed by atoms with E-state index in [0.717, 1.165) is 11.1 Å². The minimum atomic E-state index is -0.800. The number of hydrogen-bond acceptors (Lipinski definition) is 2. The van der Waals surface area contributed by atoms with Gasteiger partial charge in [0.05, 0.1) is 5.92 Å².